The lowest BCUT2D eigenvalue weighted by Crippen LogP contribution is -2.47. The zero-order valence-corrected chi connectivity index (χ0v) is 8.99. The molecule has 2 rings (SSSR count). The maximum Gasteiger partial charge on any atom is 0.269 e. The largest absolute Gasteiger partial charge is 0.477 e. The fraction of sp³-hybridized carbons (Fsp3) is 0.300. The van der Waals surface area contributed by atoms with Crippen LogP contribution in [0.3, 0.4) is 0 Å². The highest BCUT2D eigenvalue weighted by Gasteiger charge is 2.31. The first-order chi connectivity index (χ1) is 7.13. The van der Waals surface area contributed by atoms with Gasteiger partial charge in [-0.3, -0.25) is 4.79 Å². The molecular weight excluding hydrogens is 216 g/mol. The van der Waals surface area contributed by atoms with Crippen LogP contribution in [0.1, 0.15) is 0 Å². The van der Waals surface area contributed by atoms with Gasteiger partial charge in [0.05, 0.1) is 5.69 Å². The van der Waals surface area contributed by atoms with E-state index in [0.29, 0.717) is 16.5 Å². The Morgan fingerprint density at radius 3 is 3.00 bits per heavy atom. The van der Waals surface area contributed by atoms with Crippen LogP contribution in [0, 0.1) is 0 Å². The van der Waals surface area contributed by atoms with Crippen LogP contribution in [0.4, 0.5) is 5.69 Å². The summed E-state index contributed by atoms with van der Waals surface area (Å²) in [7, 11) is 1.68. The Bertz CT molecular complexity index is 408. The zero-order valence-electron chi connectivity index (χ0n) is 8.24. The van der Waals surface area contributed by atoms with E-state index in [1.807, 2.05) is 0 Å². The number of ether oxygens (including phenoxy) is 1. The van der Waals surface area contributed by atoms with Crippen LogP contribution in [0.25, 0.3) is 0 Å². The molecule has 1 unspecified atom stereocenters. The summed E-state index contributed by atoms with van der Waals surface area (Å²) in [5.74, 6) is 0.490. The van der Waals surface area contributed by atoms with E-state index in [9.17, 15) is 4.79 Å². The van der Waals surface area contributed by atoms with E-state index < -0.39 is 6.10 Å². The summed E-state index contributed by atoms with van der Waals surface area (Å²) in [4.78, 5) is 13.2. The molecule has 1 heterocycles. The number of hydrogen-bond donors (Lipinski definition) is 1. The van der Waals surface area contributed by atoms with Gasteiger partial charge in [-0.15, -0.1) is 0 Å². The molecule has 0 aromatic heterocycles. The number of fused-ring (bicyclic) bond motifs is 1. The summed E-state index contributed by atoms with van der Waals surface area (Å²) in [6.07, 6.45) is -0.594. The van der Waals surface area contributed by atoms with Gasteiger partial charge in [0.25, 0.3) is 5.91 Å². The molecule has 0 spiro atoms. The number of halogens is 1. The second-order valence-corrected chi connectivity index (χ2v) is 3.79. The van der Waals surface area contributed by atoms with Crippen molar-refractivity contribution in [2.75, 3.05) is 18.5 Å². The summed E-state index contributed by atoms with van der Waals surface area (Å²) in [6, 6.07) is 5.16. The van der Waals surface area contributed by atoms with Crippen molar-refractivity contribution in [3.05, 3.63) is 23.2 Å². The van der Waals surface area contributed by atoms with Crippen LogP contribution in [0.2, 0.25) is 5.02 Å². The van der Waals surface area contributed by atoms with Crippen molar-refractivity contribution < 1.29 is 9.53 Å². The minimum Gasteiger partial charge on any atom is -0.477 e. The first-order valence-corrected chi connectivity index (χ1v) is 4.95. The number of hydrogen-bond acceptors (Lipinski definition) is 3. The summed E-state index contributed by atoms with van der Waals surface area (Å²) < 4.78 is 5.44. The Hall–Kier alpha value is -1.26. The van der Waals surface area contributed by atoms with E-state index in [-0.39, 0.29) is 12.5 Å². The second-order valence-electron chi connectivity index (χ2n) is 3.35. The molecule has 2 N–H and O–H groups in total. The number of rotatable bonds is 1. The van der Waals surface area contributed by atoms with Crippen molar-refractivity contribution in [3.8, 4) is 5.75 Å². The lowest BCUT2D eigenvalue weighted by atomic mass is 10.2. The Morgan fingerprint density at radius 2 is 2.33 bits per heavy atom. The maximum absolute atomic E-state index is 11.7. The lowest BCUT2D eigenvalue weighted by molar-refractivity contribution is -0.125. The van der Waals surface area contributed by atoms with Gasteiger partial charge in [0.15, 0.2) is 6.10 Å². The molecule has 1 aromatic carbocycles. The third-order valence-electron chi connectivity index (χ3n) is 2.37. The normalized spacial score (nSPS) is 19.8. The van der Waals surface area contributed by atoms with Gasteiger partial charge in [-0.05, 0) is 18.2 Å². The molecule has 1 aliphatic heterocycles. The third-order valence-corrected chi connectivity index (χ3v) is 2.61. The van der Waals surface area contributed by atoms with Crippen LogP contribution >= 0.6 is 11.6 Å². The molecule has 0 radical (unpaired) electrons. The average molecular weight is 227 g/mol. The molecule has 1 aliphatic rings. The Morgan fingerprint density at radius 1 is 1.60 bits per heavy atom. The Labute approximate surface area is 92.6 Å². The molecule has 0 saturated heterocycles. The van der Waals surface area contributed by atoms with Gasteiger partial charge in [-0.1, -0.05) is 11.6 Å². The molecule has 15 heavy (non-hydrogen) atoms. The molecular formula is C10H11ClN2O2. The molecule has 0 aliphatic carbocycles. The fourth-order valence-corrected chi connectivity index (χ4v) is 1.71. The van der Waals surface area contributed by atoms with Gasteiger partial charge in [-0.2, -0.15) is 0 Å². The van der Waals surface area contributed by atoms with Gasteiger partial charge < -0.3 is 15.4 Å². The number of benzene rings is 1. The van der Waals surface area contributed by atoms with Gasteiger partial charge in [0, 0.05) is 18.6 Å². The molecule has 0 saturated carbocycles. The SMILES string of the molecule is CN1C(=O)C(CN)Oc2ccc(Cl)cc21. The summed E-state index contributed by atoms with van der Waals surface area (Å²) in [6.45, 7) is 0.172. The first-order valence-electron chi connectivity index (χ1n) is 4.57. The number of nitrogens with two attached hydrogens (primary N) is 1. The number of carbonyl (C=O) groups excluding carboxylic acids is 1. The number of likely N-dealkylation sites (N-methyl/N-ethyl adjacent to an activating group) is 1. The number of amides is 1. The highest BCUT2D eigenvalue weighted by Crippen LogP contribution is 2.34. The van der Waals surface area contributed by atoms with Crippen LogP contribution in [-0.2, 0) is 4.79 Å². The molecule has 1 amide bonds. The maximum atomic E-state index is 11.7. The molecule has 4 nitrogen and oxygen atoms in total. The molecule has 1 aromatic rings. The van der Waals surface area contributed by atoms with E-state index in [0.717, 1.165) is 0 Å². The summed E-state index contributed by atoms with van der Waals surface area (Å²) in [5, 5.41) is 0.572. The van der Waals surface area contributed by atoms with Crippen molar-refractivity contribution in [3.63, 3.8) is 0 Å². The summed E-state index contributed by atoms with van der Waals surface area (Å²) >= 11 is 5.84. The quantitative estimate of drug-likeness (QED) is 0.778. The fourth-order valence-electron chi connectivity index (χ4n) is 1.54. The minimum atomic E-state index is -0.594. The third kappa shape index (κ3) is 1.66. The summed E-state index contributed by atoms with van der Waals surface area (Å²) in [5.41, 5.74) is 6.12. The highest BCUT2D eigenvalue weighted by atomic mass is 35.5. The number of anilines is 1. The van der Waals surface area contributed by atoms with E-state index in [2.05, 4.69) is 0 Å². The number of carbonyl (C=O) groups is 1. The Balaban J connectivity index is 2.45. The zero-order chi connectivity index (χ0) is 11.0. The average Bonchev–Trinajstić information content (AvgIpc) is 2.24. The van der Waals surface area contributed by atoms with Gasteiger partial charge in [-0.25, -0.2) is 0 Å². The van der Waals surface area contributed by atoms with Gasteiger partial charge in [0.1, 0.15) is 5.75 Å². The minimum absolute atomic E-state index is 0.146. The highest BCUT2D eigenvalue weighted by molar-refractivity contribution is 6.31. The van der Waals surface area contributed by atoms with Crippen LogP contribution < -0.4 is 15.4 Å². The standard InChI is InChI=1S/C10H11ClN2O2/c1-13-7-4-6(11)2-3-8(7)15-9(5-12)10(13)14/h2-4,9H,5,12H2,1H3. The van der Waals surface area contributed by atoms with Crippen LogP contribution in [0.15, 0.2) is 18.2 Å². The first kappa shape index (κ1) is 10.3. The second kappa shape index (κ2) is 3.72. The lowest BCUT2D eigenvalue weighted by Gasteiger charge is -2.31. The van der Waals surface area contributed by atoms with E-state index in [1.54, 1.807) is 25.2 Å². The van der Waals surface area contributed by atoms with Crippen molar-refractivity contribution in [2.24, 2.45) is 5.73 Å². The molecule has 80 valence electrons. The topological polar surface area (TPSA) is 55.6 Å². The van der Waals surface area contributed by atoms with E-state index in [4.69, 9.17) is 22.1 Å². The smallest absolute Gasteiger partial charge is 0.269 e. The predicted octanol–water partition coefficient (Wildman–Crippen LogP) is 1.02. The monoisotopic (exact) mass is 226 g/mol. The Kier molecular flexibility index (Phi) is 2.54. The van der Waals surface area contributed by atoms with Crippen molar-refractivity contribution >= 4 is 23.2 Å². The van der Waals surface area contributed by atoms with Crippen molar-refractivity contribution in [2.45, 2.75) is 6.10 Å². The molecule has 0 bridgehead atoms. The molecule has 0 fully saturated rings. The van der Waals surface area contributed by atoms with E-state index in [1.165, 1.54) is 4.90 Å². The van der Waals surface area contributed by atoms with E-state index >= 15 is 0 Å². The molecule has 5 heteroatoms. The van der Waals surface area contributed by atoms with Crippen LogP contribution in [0.5, 0.6) is 5.75 Å². The number of nitrogens with zero attached hydrogens (tertiary/aromatic N) is 1. The van der Waals surface area contributed by atoms with Gasteiger partial charge >= 0.3 is 0 Å². The van der Waals surface area contributed by atoms with Crippen LogP contribution in [-0.4, -0.2) is 25.6 Å². The molecule has 1 atom stereocenters. The van der Waals surface area contributed by atoms with Gasteiger partial charge in [0.2, 0.25) is 0 Å². The van der Waals surface area contributed by atoms with Crippen molar-refractivity contribution in [1.82, 2.24) is 0 Å². The van der Waals surface area contributed by atoms with Crippen molar-refractivity contribution in [1.29, 1.82) is 0 Å². The predicted molar refractivity (Wildman–Crippen MR) is 58.3 cm³/mol.